The van der Waals surface area contributed by atoms with E-state index in [4.69, 9.17) is 4.55 Å². The Kier molecular flexibility index (Phi) is 7.77. The fourth-order valence-corrected chi connectivity index (χ4v) is 6.17. The maximum atomic E-state index is 10.5. The van der Waals surface area contributed by atoms with Crippen molar-refractivity contribution in [2.45, 2.75) is 32.0 Å². The first-order valence-corrected chi connectivity index (χ1v) is 13.9. The number of nitrogens with one attached hydrogen (secondary N) is 1. The average Bonchev–Trinajstić information content (AvgIpc) is 2.79. The number of hydrogen-bond donors (Lipinski definition) is 2. The van der Waals surface area contributed by atoms with Crippen molar-refractivity contribution in [1.29, 1.82) is 0 Å². The maximum absolute atomic E-state index is 10.5. The van der Waals surface area contributed by atoms with Crippen LogP contribution in [0.4, 0.5) is 0 Å². The van der Waals surface area contributed by atoms with Crippen molar-refractivity contribution < 1.29 is 13.0 Å². The van der Waals surface area contributed by atoms with Crippen molar-refractivity contribution in [3.63, 3.8) is 0 Å². The van der Waals surface area contributed by atoms with Crippen LogP contribution in [0.25, 0.3) is 0 Å². The fraction of sp³-hybridized carbons (Fsp3) is 0.667. The summed E-state index contributed by atoms with van der Waals surface area (Å²) in [6, 6.07) is 5.55. The Morgan fingerprint density at radius 2 is 2.20 bits per heavy atom. The zero-order valence-corrected chi connectivity index (χ0v) is 15.4. The third-order valence-corrected chi connectivity index (χ3v) is 8.88. The van der Waals surface area contributed by atoms with Crippen molar-refractivity contribution >= 4 is 39.4 Å². The van der Waals surface area contributed by atoms with Crippen LogP contribution in [0.1, 0.15) is 11.3 Å². The topological polar surface area (TPSA) is 66.4 Å². The minimum atomic E-state index is -3.89. The highest BCUT2D eigenvalue weighted by molar-refractivity contribution is 8.69. The summed E-state index contributed by atoms with van der Waals surface area (Å²) in [4.78, 5) is 1.45. The molecule has 0 atom stereocenters. The molecule has 0 bridgehead atoms. The molecule has 0 spiro atoms. The standard InChI is InChI=1S/C12H23NO3S3Si/c1-20(2,10-4-6-12-5-3-8-17-12)11-13-7-9-18-19(14,15)16/h3,5,8,13H,4,6-7,9-11H2,1-2H3,(H,14,15,16). The fourth-order valence-electron chi connectivity index (χ4n) is 1.93. The lowest BCUT2D eigenvalue weighted by Gasteiger charge is -2.22. The molecule has 0 radical (unpaired) electrons. The van der Waals surface area contributed by atoms with Gasteiger partial charge in [-0.1, -0.05) is 31.6 Å². The molecule has 4 nitrogen and oxygen atoms in total. The van der Waals surface area contributed by atoms with Gasteiger partial charge >= 0.3 is 9.15 Å². The molecule has 1 rings (SSSR count). The van der Waals surface area contributed by atoms with Crippen molar-refractivity contribution in [1.82, 2.24) is 5.32 Å². The van der Waals surface area contributed by atoms with Gasteiger partial charge in [0.25, 0.3) is 0 Å². The number of hydrogen-bond acceptors (Lipinski definition) is 5. The van der Waals surface area contributed by atoms with E-state index in [1.165, 1.54) is 17.3 Å². The van der Waals surface area contributed by atoms with Gasteiger partial charge < -0.3 is 5.32 Å². The number of rotatable bonds is 10. The van der Waals surface area contributed by atoms with Crippen LogP contribution in [-0.2, 0) is 15.6 Å². The number of aryl methyl sites for hydroxylation is 1. The Morgan fingerprint density at radius 3 is 2.80 bits per heavy atom. The quantitative estimate of drug-likeness (QED) is 0.293. The van der Waals surface area contributed by atoms with E-state index in [9.17, 15) is 8.42 Å². The molecule has 0 aliphatic heterocycles. The van der Waals surface area contributed by atoms with Crippen molar-refractivity contribution in [3.05, 3.63) is 22.4 Å². The molecule has 2 N–H and O–H groups in total. The summed E-state index contributed by atoms with van der Waals surface area (Å²) in [5.74, 6) is 0.387. The molecule has 1 aromatic rings. The first-order valence-electron chi connectivity index (χ1n) is 6.63. The van der Waals surface area contributed by atoms with Crippen LogP contribution in [0, 0.1) is 0 Å². The van der Waals surface area contributed by atoms with Crippen LogP contribution in [0.3, 0.4) is 0 Å². The maximum Gasteiger partial charge on any atom is 0.319 e. The highest BCUT2D eigenvalue weighted by atomic mass is 33.1. The summed E-state index contributed by atoms with van der Waals surface area (Å²) in [5.41, 5.74) is 0. The van der Waals surface area contributed by atoms with Gasteiger partial charge in [-0.3, -0.25) is 4.55 Å². The van der Waals surface area contributed by atoms with Gasteiger partial charge in [0.05, 0.1) is 8.07 Å². The summed E-state index contributed by atoms with van der Waals surface area (Å²) in [6.45, 7) is 5.32. The molecule has 0 saturated carbocycles. The summed E-state index contributed by atoms with van der Waals surface area (Å²) < 4.78 is 29.7. The van der Waals surface area contributed by atoms with E-state index in [0.717, 1.165) is 12.6 Å². The van der Waals surface area contributed by atoms with Crippen LogP contribution in [0.2, 0.25) is 19.1 Å². The predicted octanol–water partition coefficient (Wildman–Crippen LogP) is 3.05. The van der Waals surface area contributed by atoms with E-state index in [1.54, 1.807) is 0 Å². The normalized spacial score (nSPS) is 12.8. The van der Waals surface area contributed by atoms with Gasteiger partial charge in [-0.25, -0.2) is 0 Å². The van der Waals surface area contributed by atoms with E-state index in [1.807, 2.05) is 11.3 Å². The zero-order valence-electron chi connectivity index (χ0n) is 12.0. The van der Waals surface area contributed by atoms with Gasteiger partial charge in [-0.15, -0.1) is 11.3 Å². The van der Waals surface area contributed by atoms with Crippen LogP contribution >= 0.6 is 22.1 Å². The lowest BCUT2D eigenvalue weighted by molar-refractivity contribution is 0.503. The Bertz CT molecular complexity index is 474. The Balaban J connectivity index is 2.11. The van der Waals surface area contributed by atoms with E-state index in [0.29, 0.717) is 23.1 Å². The smallest absolute Gasteiger partial charge is 0.319 e. The molecule has 20 heavy (non-hydrogen) atoms. The lowest BCUT2D eigenvalue weighted by Crippen LogP contribution is -2.40. The van der Waals surface area contributed by atoms with Gasteiger partial charge in [0.15, 0.2) is 0 Å². The minimum Gasteiger partial charge on any atom is -0.319 e. The molecule has 0 fully saturated rings. The lowest BCUT2D eigenvalue weighted by atomic mass is 10.3. The first kappa shape index (κ1) is 18.2. The minimum absolute atomic E-state index is 0.387. The Labute approximate surface area is 130 Å². The highest BCUT2D eigenvalue weighted by Crippen LogP contribution is 2.17. The van der Waals surface area contributed by atoms with E-state index >= 15 is 0 Å². The molecule has 116 valence electrons. The van der Waals surface area contributed by atoms with Crippen LogP contribution in [0.15, 0.2) is 17.5 Å². The second kappa shape index (κ2) is 8.55. The van der Waals surface area contributed by atoms with Gasteiger partial charge in [-0.05, 0) is 34.8 Å². The summed E-state index contributed by atoms with van der Waals surface area (Å²) >= 11 is 1.82. The average molecular weight is 354 g/mol. The molecule has 8 heteroatoms. The van der Waals surface area contributed by atoms with Gasteiger partial charge in [-0.2, -0.15) is 8.42 Å². The second-order valence-corrected chi connectivity index (χ2v) is 15.2. The number of thiophene rings is 1. The summed E-state index contributed by atoms with van der Waals surface area (Å²) in [6.07, 6.45) is 3.37. The van der Waals surface area contributed by atoms with Crippen molar-refractivity contribution in [3.8, 4) is 0 Å². The third-order valence-electron chi connectivity index (χ3n) is 2.97. The van der Waals surface area contributed by atoms with Gasteiger partial charge in [0.2, 0.25) is 0 Å². The summed E-state index contributed by atoms with van der Waals surface area (Å²) in [5, 5.41) is 5.43. The first-order chi connectivity index (χ1) is 9.29. The molecule has 0 aromatic carbocycles. The third kappa shape index (κ3) is 9.14. The molecular formula is C12H23NO3S3Si. The second-order valence-electron chi connectivity index (χ2n) is 5.52. The van der Waals surface area contributed by atoms with Crippen molar-refractivity contribution in [2.75, 3.05) is 18.5 Å². The van der Waals surface area contributed by atoms with E-state index in [-0.39, 0.29) is 0 Å². The molecule has 1 heterocycles. The van der Waals surface area contributed by atoms with Crippen LogP contribution in [-0.4, -0.2) is 39.5 Å². The van der Waals surface area contributed by atoms with Gasteiger partial charge in [0, 0.05) is 17.2 Å². The van der Waals surface area contributed by atoms with Crippen molar-refractivity contribution in [2.24, 2.45) is 0 Å². The SMILES string of the molecule is C[Si](C)(CCCc1cccs1)CNCCSS(=O)(=O)O. The van der Waals surface area contributed by atoms with E-state index < -0.39 is 17.2 Å². The zero-order chi connectivity index (χ0) is 15.1. The monoisotopic (exact) mass is 353 g/mol. The molecule has 0 saturated heterocycles. The highest BCUT2D eigenvalue weighted by Gasteiger charge is 2.19. The van der Waals surface area contributed by atoms with Crippen LogP contribution in [0.5, 0.6) is 0 Å². The Morgan fingerprint density at radius 1 is 1.45 bits per heavy atom. The predicted molar refractivity (Wildman–Crippen MR) is 91.8 cm³/mol. The Hall–Kier alpha value is 0.137. The van der Waals surface area contributed by atoms with E-state index in [2.05, 4.69) is 35.9 Å². The summed E-state index contributed by atoms with van der Waals surface area (Å²) in [7, 11) is -4.57. The molecule has 1 aromatic heterocycles. The molecule has 0 unspecified atom stereocenters. The largest absolute Gasteiger partial charge is 0.319 e. The van der Waals surface area contributed by atoms with Gasteiger partial charge in [0.1, 0.15) is 0 Å². The molecule has 0 amide bonds. The molecular weight excluding hydrogens is 330 g/mol. The van der Waals surface area contributed by atoms with Crippen LogP contribution < -0.4 is 5.32 Å². The molecule has 0 aliphatic carbocycles. The molecule has 0 aliphatic rings.